The highest BCUT2D eigenvalue weighted by Gasteiger charge is 2.15. The molecule has 0 radical (unpaired) electrons. The Labute approximate surface area is 144 Å². The van der Waals surface area contributed by atoms with Crippen LogP contribution in [-0.2, 0) is 0 Å². The normalized spacial score (nSPS) is 10.2. The van der Waals surface area contributed by atoms with Crippen molar-refractivity contribution in [2.24, 2.45) is 0 Å². The van der Waals surface area contributed by atoms with Gasteiger partial charge in [0.2, 0.25) is 5.95 Å². The number of rotatable bonds is 4. The third-order valence-corrected chi connectivity index (χ3v) is 3.64. The van der Waals surface area contributed by atoms with Crippen LogP contribution in [0.5, 0.6) is 0 Å². The largest absolute Gasteiger partial charge is 0.324 e. The number of nitrogens with zero attached hydrogens (tertiary/aromatic N) is 3. The van der Waals surface area contributed by atoms with E-state index in [0.29, 0.717) is 16.7 Å². The van der Waals surface area contributed by atoms with Crippen LogP contribution in [0.3, 0.4) is 0 Å². The summed E-state index contributed by atoms with van der Waals surface area (Å²) in [5.41, 5.74) is 1.86. The van der Waals surface area contributed by atoms with E-state index in [9.17, 15) is 4.79 Å². The summed E-state index contributed by atoms with van der Waals surface area (Å²) in [5, 5.41) is 3.65. The second-order valence-corrected chi connectivity index (χ2v) is 5.54. The smallest absolute Gasteiger partial charge is 0.276 e. The molecule has 1 amide bonds. The van der Waals surface area contributed by atoms with Crippen LogP contribution in [-0.4, -0.2) is 22.9 Å². The number of hydrogen-bond acceptors (Lipinski definition) is 4. The molecule has 3 aromatic rings. The molecule has 6 heteroatoms. The van der Waals surface area contributed by atoms with Crippen LogP contribution < -0.4 is 10.2 Å². The molecular weight excluding hydrogens is 324 g/mol. The van der Waals surface area contributed by atoms with Gasteiger partial charge in [0, 0.05) is 29.6 Å². The summed E-state index contributed by atoms with van der Waals surface area (Å²) in [6.45, 7) is 0. The summed E-state index contributed by atoms with van der Waals surface area (Å²) in [6.07, 6.45) is 1.55. The van der Waals surface area contributed by atoms with Gasteiger partial charge in [-0.05, 0) is 36.4 Å². The van der Waals surface area contributed by atoms with Crippen LogP contribution in [0.4, 0.5) is 17.3 Å². The van der Waals surface area contributed by atoms with Gasteiger partial charge in [-0.1, -0.05) is 35.9 Å². The number of anilines is 3. The zero-order valence-electron chi connectivity index (χ0n) is 13.0. The summed E-state index contributed by atoms with van der Waals surface area (Å²) in [6, 6.07) is 18.2. The summed E-state index contributed by atoms with van der Waals surface area (Å²) in [5.74, 6) is 0.127. The van der Waals surface area contributed by atoms with Crippen molar-refractivity contribution >= 4 is 34.8 Å². The van der Waals surface area contributed by atoms with Gasteiger partial charge in [-0.3, -0.25) is 4.79 Å². The lowest BCUT2D eigenvalue weighted by Gasteiger charge is -2.17. The van der Waals surface area contributed by atoms with E-state index in [1.807, 2.05) is 42.5 Å². The number of nitrogens with one attached hydrogen (secondary N) is 1. The van der Waals surface area contributed by atoms with Crippen molar-refractivity contribution in [1.29, 1.82) is 0 Å². The minimum Gasteiger partial charge on any atom is -0.324 e. The third-order valence-electron chi connectivity index (χ3n) is 3.40. The average Bonchev–Trinajstić information content (AvgIpc) is 2.61. The van der Waals surface area contributed by atoms with Crippen LogP contribution in [0.15, 0.2) is 66.9 Å². The predicted molar refractivity (Wildman–Crippen MR) is 95.9 cm³/mol. The van der Waals surface area contributed by atoms with E-state index < -0.39 is 0 Å². The van der Waals surface area contributed by atoms with Gasteiger partial charge < -0.3 is 10.2 Å². The van der Waals surface area contributed by atoms with Crippen molar-refractivity contribution < 1.29 is 4.79 Å². The zero-order chi connectivity index (χ0) is 16.9. The molecule has 0 saturated carbocycles. The summed E-state index contributed by atoms with van der Waals surface area (Å²) >= 11 is 5.96. The fourth-order valence-electron chi connectivity index (χ4n) is 2.17. The Bertz CT molecular complexity index is 854. The maximum Gasteiger partial charge on any atom is 0.276 e. The van der Waals surface area contributed by atoms with E-state index in [1.54, 1.807) is 36.3 Å². The lowest BCUT2D eigenvalue weighted by molar-refractivity contribution is 0.0988. The fourth-order valence-corrected chi connectivity index (χ4v) is 2.36. The van der Waals surface area contributed by atoms with Gasteiger partial charge in [0.05, 0.1) is 0 Å². The first-order valence-corrected chi connectivity index (χ1v) is 7.70. The highest BCUT2D eigenvalue weighted by molar-refractivity contribution is 6.30. The Morgan fingerprint density at radius 3 is 2.62 bits per heavy atom. The van der Waals surface area contributed by atoms with Crippen LogP contribution in [0.1, 0.15) is 10.5 Å². The lowest BCUT2D eigenvalue weighted by atomic mass is 10.2. The molecule has 0 aliphatic rings. The summed E-state index contributed by atoms with van der Waals surface area (Å²) < 4.78 is 0. The van der Waals surface area contributed by atoms with Crippen LogP contribution in [0.25, 0.3) is 0 Å². The number of amides is 1. The molecule has 0 bridgehead atoms. The quantitative estimate of drug-likeness (QED) is 0.776. The van der Waals surface area contributed by atoms with E-state index in [0.717, 1.165) is 11.4 Å². The number of carbonyl (C=O) groups excluding carboxylic acids is 1. The number of hydrogen-bond donors (Lipinski definition) is 1. The van der Waals surface area contributed by atoms with Crippen LogP contribution >= 0.6 is 11.6 Å². The SMILES string of the molecule is CN(C(=O)c1ccnc(Nc2cccc(Cl)c2)n1)c1ccccc1. The number of benzene rings is 2. The summed E-state index contributed by atoms with van der Waals surface area (Å²) in [4.78, 5) is 22.6. The van der Waals surface area contributed by atoms with E-state index >= 15 is 0 Å². The maximum atomic E-state index is 12.6. The van der Waals surface area contributed by atoms with Crippen molar-refractivity contribution in [3.8, 4) is 0 Å². The van der Waals surface area contributed by atoms with Gasteiger partial charge in [-0.2, -0.15) is 0 Å². The van der Waals surface area contributed by atoms with E-state index in [-0.39, 0.29) is 5.91 Å². The maximum absolute atomic E-state index is 12.6. The minimum absolute atomic E-state index is 0.210. The van der Waals surface area contributed by atoms with Crippen LogP contribution in [0, 0.1) is 0 Å². The fraction of sp³-hybridized carbons (Fsp3) is 0.0556. The zero-order valence-corrected chi connectivity index (χ0v) is 13.7. The standard InChI is InChI=1S/C18H15ClN4O/c1-23(15-8-3-2-4-9-15)17(24)16-10-11-20-18(22-16)21-14-7-5-6-13(19)12-14/h2-12H,1H3,(H,20,21,22). The van der Waals surface area contributed by atoms with Crippen molar-refractivity contribution in [2.75, 3.05) is 17.3 Å². The molecule has 3 rings (SSSR count). The molecule has 0 fully saturated rings. The van der Waals surface area contributed by atoms with Crippen molar-refractivity contribution in [2.45, 2.75) is 0 Å². The van der Waals surface area contributed by atoms with Gasteiger partial charge in [0.1, 0.15) is 5.69 Å². The second kappa shape index (κ2) is 7.10. The molecule has 5 nitrogen and oxygen atoms in total. The van der Waals surface area contributed by atoms with Crippen molar-refractivity contribution in [1.82, 2.24) is 9.97 Å². The third kappa shape index (κ3) is 3.70. The highest BCUT2D eigenvalue weighted by atomic mass is 35.5. The van der Waals surface area contributed by atoms with E-state index in [4.69, 9.17) is 11.6 Å². The number of carbonyl (C=O) groups is 1. The molecule has 0 aliphatic heterocycles. The molecule has 1 N–H and O–H groups in total. The number of aromatic nitrogens is 2. The molecule has 1 heterocycles. The predicted octanol–water partition coefficient (Wildman–Crippen LogP) is 4.15. The molecular formula is C18H15ClN4O. The van der Waals surface area contributed by atoms with Gasteiger partial charge in [-0.15, -0.1) is 0 Å². The molecule has 0 aliphatic carbocycles. The lowest BCUT2D eigenvalue weighted by Crippen LogP contribution is -2.27. The van der Waals surface area contributed by atoms with Crippen LogP contribution in [0.2, 0.25) is 5.02 Å². The monoisotopic (exact) mass is 338 g/mol. The molecule has 1 aromatic heterocycles. The van der Waals surface area contributed by atoms with Gasteiger partial charge in [-0.25, -0.2) is 9.97 Å². The molecule has 0 saturated heterocycles. The first-order chi connectivity index (χ1) is 11.6. The van der Waals surface area contributed by atoms with Gasteiger partial charge in [0.25, 0.3) is 5.91 Å². The van der Waals surface area contributed by atoms with E-state index in [2.05, 4.69) is 15.3 Å². The Morgan fingerprint density at radius 2 is 1.88 bits per heavy atom. The Hall–Kier alpha value is -2.92. The molecule has 2 aromatic carbocycles. The second-order valence-electron chi connectivity index (χ2n) is 5.10. The van der Waals surface area contributed by atoms with Crippen molar-refractivity contribution in [3.63, 3.8) is 0 Å². The molecule has 24 heavy (non-hydrogen) atoms. The molecule has 0 unspecified atom stereocenters. The molecule has 120 valence electrons. The average molecular weight is 339 g/mol. The van der Waals surface area contributed by atoms with E-state index in [1.165, 1.54) is 0 Å². The number of para-hydroxylation sites is 1. The Balaban J connectivity index is 1.81. The highest BCUT2D eigenvalue weighted by Crippen LogP contribution is 2.19. The molecule has 0 spiro atoms. The minimum atomic E-state index is -0.210. The Kier molecular flexibility index (Phi) is 4.72. The first kappa shape index (κ1) is 16.0. The Morgan fingerprint density at radius 1 is 1.08 bits per heavy atom. The topological polar surface area (TPSA) is 58.1 Å². The molecule has 0 atom stereocenters. The first-order valence-electron chi connectivity index (χ1n) is 7.32. The van der Waals surface area contributed by atoms with Gasteiger partial charge >= 0.3 is 0 Å². The van der Waals surface area contributed by atoms with Gasteiger partial charge in [0.15, 0.2) is 0 Å². The summed E-state index contributed by atoms with van der Waals surface area (Å²) in [7, 11) is 1.71. The van der Waals surface area contributed by atoms with Crippen molar-refractivity contribution in [3.05, 3.63) is 77.6 Å². The number of halogens is 1.